The van der Waals surface area contributed by atoms with Crippen molar-refractivity contribution in [1.29, 1.82) is 0 Å². The van der Waals surface area contributed by atoms with Crippen LogP contribution >= 0.6 is 11.3 Å². The van der Waals surface area contributed by atoms with Crippen LogP contribution in [0.3, 0.4) is 0 Å². The number of hydrogen-bond donors (Lipinski definition) is 0. The smallest absolute Gasteiger partial charge is 0.328 e. The molecular formula is C20H21N3O5S. The van der Waals surface area contributed by atoms with Crippen LogP contribution in [0.5, 0.6) is 0 Å². The van der Waals surface area contributed by atoms with Crippen molar-refractivity contribution in [2.45, 2.75) is 39.2 Å². The summed E-state index contributed by atoms with van der Waals surface area (Å²) in [5.41, 5.74) is 0.673. The highest BCUT2D eigenvalue weighted by Gasteiger charge is 2.21. The predicted molar refractivity (Wildman–Crippen MR) is 111 cm³/mol. The standard InChI is InChI=1S/C20H21N3O5S/c1-3-4-5-9-28-20(25)13(2)22-12-21-18-17(19(22)24)16(11-29-18)14-7-6-8-15(10-14)23(26)27/h6-8,10-13H,3-5,9H2,1-2H3. The number of ether oxygens (including phenoxy) is 1. The molecule has 1 atom stereocenters. The fourth-order valence-corrected chi connectivity index (χ4v) is 3.89. The van der Waals surface area contributed by atoms with Gasteiger partial charge in [-0.15, -0.1) is 11.3 Å². The molecule has 0 saturated carbocycles. The minimum Gasteiger partial charge on any atom is -0.464 e. The van der Waals surface area contributed by atoms with Crippen LogP contribution in [0.25, 0.3) is 21.3 Å². The molecule has 29 heavy (non-hydrogen) atoms. The lowest BCUT2D eigenvalue weighted by Gasteiger charge is -2.14. The van der Waals surface area contributed by atoms with E-state index in [1.165, 1.54) is 34.4 Å². The Kier molecular flexibility index (Phi) is 6.38. The Morgan fingerprint density at radius 3 is 2.90 bits per heavy atom. The van der Waals surface area contributed by atoms with Crippen LogP contribution in [0, 0.1) is 10.1 Å². The molecule has 0 fully saturated rings. The Balaban J connectivity index is 1.96. The van der Waals surface area contributed by atoms with Gasteiger partial charge in [0.05, 0.1) is 23.2 Å². The molecule has 2 aromatic heterocycles. The lowest BCUT2D eigenvalue weighted by atomic mass is 10.1. The highest BCUT2D eigenvalue weighted by molar-refractivity contribution is 7.17. The van der Waals surface area contributed by atoms with E-state index in [1.807, 2.05) is 0 Å². The van der Waals surface area contributed by atoms with E-state index in [2.05, 4.69) is 11.9 Å². The summed E-state index contributed by atoms with van der Waals surface area (Å²) in [4.78, 5) is 40.8. The molecule has 0 aliphatic heterocycles. The van der Waals surface area contributed by atoms with Crippen LogP contribution in [0.1, 0.15) is 39.2 Å². The summed E-state index contributed by atoms with van der Waals surface area (Å²) in [6.45, 7) is 3.97. The van der Waals surface area contributed by atoms with Crippen LogP contribution in [0.2, 0.25) is 0 Å². The van der Waals surface area contributed by atoms with E-state index in [1.54, 1.807) is 24.4 Å². The zero-order valence-corrected chi connectivity index (χ0v) is 17.0. The molecule has 3 rings (SSSR count). The average Bonchev–Trinajstić information content (AvgIpc) is 3.16. The van der Waals surface area contributed by atoms with Gasteiger partial charge in [0.2, 0.25) is 0 Å². The largest absolute Gasteiger partial charge is 0.464 e. The molecular weight excluding hydrogens is 394 g/mol. The Hall–Kier alpha value is -3.07. The molecule has 2 heterocycles. The highest BCUT2D eigenvalue weighted by Crippen LogP contribution is 2.32. The van der Waals surface area contributed by atoms with E-state index in [0.29, 0.717) is 28.0 Å². The number of unbranched alkanes of at least 4 members (excludes halogenated alkanes) is 2. The molecule has 8 nitrogen and oxygen atoms in total. The molecule has 0 amide bonds. The van der Waals surface area contributed by atoms with Crippen molar-refractivity contribution in [2.24, 2.45) is 0 Å². The van der Waals surface area contributed by atoms with Crippen molar-refractivity contribution in [3.8, 4) is 11.1 Å². The second-order valence-corrected chi connectivity index (χ2v) is 7.50. The molecule has 0 aliphatic rings. The number of aromatic nitrogens is 2. The molecule has 0 aliphatic carbocycles. The van der Waals surface area contributed by atoms with E-state index in [0.717, 1.165) is 19.3 Å². The SMILES string of the molecule is CCCCCOC(=O)C(C)n1cnc2scc(-c3cccc([N+](=O)[O-])c3)c2c1=O. The Morgan fingerprint density at radius 2 is 2.17 bits per heavy atom. The minimum atomic E-state index is -0.820. The maximum Gasteiger partial charge on any atom is 0.328 e. The topological polar surface area (TPSA) is 104 Å². The zero-order valence-electron chi connectivity index (χ0n) is 16.2. The summed E-state index contributed by atoms with van der Waals surface area (Å²) in [5.74, 6) is -0.489. The van der Waals surface area contributed by atoms with Gasteiger partial charge in [0.1, 0.15) is 10.9 Å². The molecule has 0 N–H and O–H groups in total. The van der Waals surface area contributed by atoms with Gasteiger partial charge in [-0.05, 0) is 18.9 Å². The first-order chi connectivity index (χ1) is 13.9. The predicted octanol–water partition coefficient (Wildman–Crippen LogP) is 4.33. The Bertz CT molecular complexity index is 1100. The van der Waals surface area contributed by atoms with Crippen LogP contribution in [0.15, 0.2) is 40.8 Å². The van der Waals surface area contributed by atoms with Crippen molar-refractivity contribution in [2.75, 3.05) is 6.61 Å². The number of nitro groups is 1. The monoisotopic (exact) mass is 415 g/mol. The first-order valence-corrected chi connectivity index (χ1v) is 10.2. The van der Waals surface area contributed by atoms with Crippen LogP contribution in [-0.2, 0) is 9.53 Å². The van der Waals surface area contributed by atoms with Gasteiger partial charge in [0, 0.05) is 23.1 Å². The number of non-ortho nitro benzene ring substituents is 1. The normalized spacial score (nSPS) is 12.1. The number of rotatable bonds is 8. The fourth-order valence-electron chi connectivity index (χ4n) is 2.98. The van der Waals surface area contributed by atoms with Gasteiger partial charge in [-0.1, -0.05) is 31.9 Å². The molecule has 1 unspecified atom stereocenters. The van der Waals surface area contributed by atoms with Crippen molar-refractivity contribution in [1.82, 2.24) is 9.55 Å². The zero-order chi connectivity index (χ0) is 21.0. The number of thiophene rings is 1. The van der Waals surface area contributed by atoms with Gasteiger partial charge in [-0.25, -0.2) is 9.78 Å². The van der Waals surface area contributed by atoms with Gasteiger partial charge >= 0.3 is 5.97 Å². The lowest BCUT2D eigenvalue weighted by Crippen LogP contribution is -2.29. The van der Waals surface area contributed by atoms with E-state index < -0.39 is 16.9 Å². The maximum atomic E-state index is 13.1. The number of esters is 1. The van der Waals surface area contributed by atoms with Crippen molar-refractivity contribution < 1.29 is 14.5 Å². The lowest BCUT2D eigenvalue weighted by molar-refractivity contribution is -0.384. The van der Waals surface area contributed by atoms with E-state index in [4.69, 9.17) is 4.74 Å². The molecule has 0 radical (unpaired) electrons. The fraction of sp³-hybridized carbons (Fsp3) is 0.350. The molecule has 152 valence electrons. The molecule has 3 aromatic rings. The minimum absolute atomic E-state index is 0.0601. The van der Waals surface area contributed by atoms with Crippen molar-refractivity contribution in [3.05, 3.63) is 56.4 Å². The molecule has 9 heteroatoms. The van der Waals surface area contributed by atoms with Crippen LogP contribution < -0.4 is 5.56 Å². The van der Waals surface area contributed by atoms with E-state index >= 15 is 0 Å². The summed E-state index contributed by atoms with van der Waals surface area (Å²) in [7, 11) is 0. The van der Waals surface area contributed by atoms with Gasteiger partial charge in [0.25, 0.3) is 11.2 Å². The Labute approximate surface area is 170 Å². The number of fused-ring (bicyclic) bond motifs is 1. The first-order valence-electron chi connectivity index (χ1n) is 9.33. The molecule has 0 bridgehead atoms. The van der Waals surface area contributed by atoms with E-state index in [-0.39, 0.29) is 11.2 Å². The highest BCUT2D eigenvalue weighted by atomic mass is 32.1. The first kappa shape index (κ1) is 20.7. The number of nitro benzene ring substituents is 1. The summed E-state index contributed by atoms with van der Waals surface area (Å²) < 4.78 is 6.52. The summed E-state index contributed by atoms with van der Waals surface area (Å²) in [6.07, 6.45) is 4.11. The Morgan fingerprint density at radius 1 is 1.38 bits per heavy atom. The number of carbonyl (C=O) groups excluding carboxylic acids is 1. The number of benzene rings is 1. The number of nitrogens with zero attached hydrogens (tertiary/aromatic N) is 3. The molecule has 1 aromatic carbocycles. The average molecular weight is 415 g/mol. The van der Waals surface area contributed by atoms with Gasteiger partial charge < -0.3 is 4.74 Å². The van der Waals surface area contributed by atoms with Gasteiger partial charge in [-0.2, -0.15) is 0 Å². The quantitative estimate of drug-likeness (QED) is 0.235. The second-order valence-electron chi connectivity index (χ2n) is 6.64. The number of carbonyl (C=O) groups is 1. The third-order valence-corrected chi connectivity index (χ3v) is 5.52. The summed E-state index contributed by atoms with van der Waals surface area (Å²) >= 11 is 1.27. The number of hydrogen-bond acceptors (Lipinski definition) is 7. The van der Waals surface area contributed by atoms with Crippen molar-refractivity contribution >= 4 is 33.2 Å². The van der Waals surface area contributed by atoms with Gasteiger partial charge in [0.15, 0.2) is 0 Å². The summed E-state index contributed by atoms with van der Waals surface area (Å²) in [5, 5.41) is 13.2. The maximum absolute atomic E-state index is 13.1. The third kappa shape index (κ3) is 4.34. The summed E-state index contributed by atoms with van der Waals surface area (Å²) in [6, 6.07) is 5.27. The van der Waals surface area contributed by atoms with E-state index in [9.17, 15) is 19.7 Å². The third-order valence-electron chi connectivity index (χ3n) is 4.64. The molecule has 0 spiro atoms. The second kappa shape index (κ2) is 8.95. The van der Waals surface area contributed by atoms with Crippen LogP contribution in [0.4, 0.5) is 5.69 Å². The molecule has 0 saturated heterocycles. The van der Waals surface area contributed by atoms with Gasteiger partial charge in [-0.3, -0.25) is 19.5 Å². The van der Waals surface area contributed by atoms with Crippen LogP contribution in [-0.4, -0.2) is 27.1 Å². The van der Waals surface area contributed by atoms with Crippen molar-refractivity contribution in [3.63, 3.8) is 0 Å².